The highest BCUT2D eigenvalue weighted by Gasteiger charge is 2.41. The minimum atomic E-state index is -4.12. The second kappa shape index (κ2) is 9.11. The van der Waals surface area contributed by atoms with Gasteiger partial charge in [0.2, 0.25) is 10.0 Å². The van der Waals surface area contributed by atoms with E-state index in [9.17, 15) is 23.1 Å². The molecule has 160 valence electrons. The summed E-state index contributed by atoms with van der Waals surface area (Å²) in [5, 5.41) is 18.4. The maximum absolute atomic E-state index is 13.0. The van der Waals surface area contributed by atoms with Gasteiger partial charge in [-0.2, -0.15) is 4.31 Å². The van der Waals surface area contributed by atoms with E-state index >= 15 is 0 Å². The van der Waals surface area contributed by atoms with E-state index in [1.54, 1.807) is 24.3 Å². The monoisotopic (exact) mass is 435 g/mol. The standard InChI is InChI=1S/C19H21N3O7S/c23-15-6-8-16(9-7-15)30(27,28)22-11-10-21(12-17(22)18(24)20-26)19(25)29-13-14-4-2-1-3-5-14/h1-9,17,23,26H,10-13H2,(H,20,24)/t17-/m1/s1. The maximum Gasteiger partial charge on any atom is 0.410 e. The number of carbonyl (C=O) groups excluding carboxylic acids is 2. The van der Waals surface area contributed by atoms with E-state index in [-0.39, 0.29) is 36.9 Å². The van der Waals surface area contributed by atoms with E-state index in [2.05, 4.69) is 0 Å². The molecule has 1 aliphatic rings. The van der Waals surface area contributed by atoms with Crippen LogP contribution in [0.2, 0.25) is 0 Å². The van der Waals surface area contributed by atoms with Crippen molar-refractivity contribution in [3.05, 3.63) is 60.2 Å². The fourth-order valence-electron chi connectivity index (χ4n) is 3.07. The van der Waals surface area contributed by atoms with Crippen molar-refractivity contribution in [3.63, 3.8) is 0 Å². The molecule has 2 amide bonds. The van der Waals surface area contributed by atoms with Gasteiger partial charge in [0, 0.05) is 19.6 Å². The first-order chi connectivity index (χ1) is 14.3. The van der Waals surface area contributed by atoms with E-state index in [1.165, 1.54) is 34.6 Å². The molecule has 0 aromatic heterocycles. The lowest BCUT2D eigenvalue weighted by molar-refractivity contribution is -0.134. The molecule has 30 heavy (non-hydrogen) atoms. The molecule has 0 unspecified atom stereocenters. The SMILES string of the molecule is O=C(NO)[C@H]1CN(C(=O)OCc2ccccc2)CCN1S(=O)(=O)c1ccc(O)cc1. The molecule has 3 rings (SSSR count). The Kier molecular flexibility index (Phi) is 6.55. The molecule has 1 fully saturated rings. The smallest absolute Gasteiger partial charge is 0.410 e. The molecule has 1 saturated heterocycles. The molecule has 0 bridgehead atoms. The second-order valence-electron chi connectivity index (χ2n) is 6.59. The summed E-state index contributed by atoms with van der Waals surface area (Å²) < 4.78 is 32.1. The summed E-state index contributed by atoms with van der Waals surface area (Å²) in [6, 6.07) is 12.5. The zero-order valence-electron chi connectivity index (χ0n) is 15.8. The average Bonchev–Trinajstić information content (AvgIpc) is 2.77. The van der Waals surface area contributed by atoms with Gasteiger partial charge in [-0.05, 0) is 29.8 Å². The van der Waals surface area contributed by atoms with E-state index < -0.39 is 28.1 Å². The molecule has 1 atom stereocenters. The van der Waals surface area contributed by atoms with Crippen LogP contribution < -0.4 is 5.48 Å². The molecule has 0 spiro atoms. The Labute approximate surface area is 173 Å². The van der Waals surface area contributed by atoms with E-state index in [1.807, 2.05) is 6.07 Å². The van der Waals surface area contributed by atoms with Crippen LogP contribution in [0.4, 0.5) is 4.79 Å². The lowest BCUT2D eigenvalue weighted by Gasteiger charge is -2.38. The minimum absolute atomic E-state index is 0.000144. The van der Waals surface area contributed by atoms with Gasteiger partial charge in [0.15, 0.2) is 0 Å². The van der Waals surface area contributed by atoms with Crippen molar-refractivity contribution in [2.24, 2.45) is 0 Å². The lowest BCUT2D eigenvalue weighted by atomic mass is 10.2. The minimum Gasteiger partial charge on any atom is -0.508 e. The van der Waals surface area contributed by atoms with Crippen molar-refractivity contribution in [3.8, 4) is 5.75 Å². The van der Waals surface area contributed by atoms with Crippen molar-refractivity contribution in [1.82, 2.24) is 14.7 Å². The Morgan fingerprint density at radius 3 is 2.37 bits per heavy atom. The summed E-state index contributed by atoms with van der Waals surface area (Å²) in [4.78, 5) is 25.7. The van der Waals surface area contributed by atoms with Crippen molar-refractivity contribution in [1.29, 1.82) is 0 Å². The van der Waals surface area contributed by atoms with Crippen LogP contribution in [-0.4, -0.2) is 65.6 Å². The second-order valence-corrected chi connectivity index (χ2v) is 8.48. The lowest BCUT2D eigenvalue weighted by Crippen LogP contribution is -2.61. The number of nitrogens with one attached hydrogen (secondary N) is 1. The topological polar surface area (TPSA) is 136 Å². The maximum atomic E-state index is 13.0. The number of hydroxylamine groups is 1. The Morgan fingerprint density at radius 1 is 1.07 bits per heavy atom. The third-order valence-electron chi connectivity index (χ3n) is 4.65. The number of carbonyl (C=O) groups is 2. The van der Waals surface area contributed by atoms with Crippen LogP contribution in [0.25, 0.3) is 0 Å². The van der Waals surface area contributed by atoms with Crippen molar-refractivity contribution < 1.29 is 33.1 Å². The molecule has 1 heterocycles. The van der Waals surface area contributed by atoms with Gasteiger partial charge in [-0.1, -0.05) is 30.3 Å². The van der Waals surface area contributed by atoms with Crippen LogP contribution in [0.3, 0.4) is 0 Å². The van der Waals surface area contributed by atoms with Gasteiger partial charge in [0.1, 0.15) is 18.4 Å². The van der Waals surface area contributed by atoms with Crippen LogP contribution in [0.5, 0.6) is 5.75 Å². The zero-order chi connectivity index (χ0) is 21.7. The highest BCUT2D eigenvalue weighted by Crippen LogP contribution is 2.24. The van der Waals surface area contributed by atoms with Crippen molar-refractivity contribution in [2.75, 3.05) is 19.6 Å². The number of hydrogen-bond acceptors (Lipinski definition) is 7. The number of phenols is 1. The summed E-state index contributed by atoms with van der Waals surface area (Å²) in [5.74, 6) is -1.08. The fourth-order valence-corrected chi connectivity index (χ4v) is 4.64. The zero-order valence-corrected chi connectivity index (χ0v) is 16.7. The molecule has 0 aliphatic carbocycles. The molecule has 10 nitrogen and oxygen atoms in total. The number of benzene rings is 2. The summed E-state index contributed by atoms with van der Waals surface area (Å²) in [6.45, 7) is -0.443. The highest BCUT2D eigenvalue weighted by atomic mass is 32.2. The van der Waals surface area contributed by atoms with Gasteiger partial charge in [-0.15, -0.1) is 0 Å². The van der Waals surface area contributed by atoms with Gasteiger partial charge in [0.05, 0.1) is 4.90 Å². The first-order valence-corrected chi connectivity index (χ1v) is 10.5. The largest absolute Gasteiger partial charge is 0.508 e. The number of ether oxygens (including phenoxy) is 1. The number of aromatic hydroxyl groups is 1. The third kappa shape index (κ3) is 4.70. The molecule has 2 aromatic rings. The number of sulfonamides is 1. The molecule has 11 heteroatoms. The molecule has 1 aliphatic heterocycles. The van der Waals surface area contributed by atoms with Crippen LogP contribution >= 0.6 is 0 Å². The predicted molar refractivity (Wildman–Crippen MR) is 104 cm³/mol. The van der Waals surface area contributed by atoms with Crippen LogP contribution in [0.15, 0.2) is 59.5 Å². The number of nitrogens with zero attached hydrogens (tertiary/aromatic N) is 2. The molecular formula is C19H21N3O7S. The Morgan fingerprint density at radius 2 is 1.73 bits per heavy atom. The number of phenolic OH excluding ortho intramolecular Hbond substituents is 1. The quantitative estimate of drug-likeness (QED) is 0.469. The van der Waals surface area contributed by atoms with Gasteiger partial charge < -0.3 is 14.7 Å². The van der Waals surface area contributed by atoms with Crippen molar-refractivity contribution in [2.45, 2.75) is 17.5 Å². The Bertz CT molecular complexity index is 997. The number of rotatable bonds is 5. The van der Waals surface area contributed by atoms with Crippen molar-refractivity contribution >= 4 is 22.0 Å². The van der Waals surface area contributed by atoms with Crippen LogP contribution in [0, 0.1) is 0 Å². The van der Waals surface area contributed by atoms with Gasteiger partial charge >= 0.3 is 6.09 Å². The van der Waals surface area contributed by atoms with Gasteiger partial charge in [-0.3, -0.25) is 10.0 Å². The number of amides is 2. The van der Waals surface area contributed by atoms with E-state index in [4.69, 9.17) is 9.94 Å². The summed E-state index contributed by atoms with van der Waals surface area (Å²) >= 11 is 0. The van der Waals surface area contributed by atoms with Gasteiger partial charge in [-0.25, -0.2) is 18.7 Å². The van der Waals surface area contributed by atoms with E-state index in [0.29, 0.717) is 0 Å². The summed E-state index contributed by atoms with van der Waals surface area (Å²) in [7, 11) is -4.12. The normalized spacial score (nSPS) is 17.4. The molecule has 0 saturated carbocycles. The summed E-state index contributed by atoms with van der Waals surface area (Å²) in [6.07, 6.45) is -0.698. The number of piperazine rings is 1. The molecule has 2 aromatic carbocycles. The first kappa shape index (κ1) is 21.6. The summed E-state index contributed by atoms with van der Waals surface area (Å²) in [5.41, 5.74) is 2.23. The van der Waals surface area contributed by atoms with E-state index in [0.717, 1.165) is 9.87 Å². The van der Waals surface area contributed by atoms with Crippen LogP contribution in [0.1, 0.15) is 5.56 Å². The third-order valence-corrected chi connectivity index (χ3v) is 6.57. The van der Waals surface area contributed by atoms with Gasteiger partial charge in [0.25, 0.3) is 5.91 Å². The predicted octanol–water partition coefficient (Wildman–Crippen LogP) is 0.909. The Hall–Kier alpha value is -3.15. The molecule has 3 N–H and O–H groups in total. The first-order valence-electron chi connectivity index (χ1n) is 9.03. The fraction of sp³-hybridized carbons (Fsp3) is 0.263. The average molecular weight is 435 g/mol. The highest BCUT2D eigenvalue weighted by molar-refractivity contribution is 7.89. The molecular weight excluding hydrogens is 414 g/mol. The Balaban J connectivity index is 1.74. The number of hydrogen-bond donors (Lipinski definition) is 3. The van der Waals surface area contributed by atoms with Crippen LogP contribution in [-0.2, 0) is 26.2 Å². The molecule has 0 radical (unpaired) electrons.